The lowest BCUT2D eigenvalue weighted by molar-refractivity contribution is 0.110. The van der Waals surface area contributed by atoms with Crippen molar-refractivity contribution < 1.29 is 13.6 Å². The number of aromatic nitrogens is 1. The quantitative estimate of drug-likeness (QED) is 0.484. The van der Waals surface area contributed by atoms with E-state index in [1.54, 1.807) is 0 Å². The lowest BCUT2D eigenvalue weighted by atomic mass is 10.1. The number of aldehydes is 1. The van der Waals surface area contributed by atoms with Crippen molar-refractivity contribution in [2.75, 3.05) is 0 Å². The summed E-state index contributed by atoms with van der Waals surface area (Å²) in [5, 5.41) is 0.279. The fraction of sp³-hybridized carbons (Fsp3) is 0.250. The highest BCUT2D eigenvalue weighted by Crippen LogP contribution is 2.28. The molecule has 0 bridgehead atoms. The highest BCUT2D eigenvalue weighted by molar-refractivity contribution is 9.08. The van der Waals surface area contributed by atoms with E-state index in [1.165, 1.54) is 0 Å². The molecule has 0 aromatic carbocycles. The molecule has 0 aliphatic heterocycles. The number of halogens is 4. The molecule has 2 nitrogen and oxygen atoms in total. The van der Waals surface area contributed by atoms with Crippen LogP contribution >= 0.6 is 27.5 Å². The molecule has 0 aliphatic rings. The van der Waals surface area contributed by atoms with E-state index >= 15 is 0 Å². The van der Waals surface area contributed by atoms with Crippen LogP contribution in [-0.2, 0) is 5.33 Å². The molecule has 0 N–H and O–H groups in total. The van der Waals surface area contributed by atoms with E-state index in [2.05, 4.69) is 20.9 Å². The first kappa shape index (κ1) is 11.5. The summed E-state index contributed by atoms with van der Waals surface area (Å²) in [6.07, 6.45) is -1.44. The third kappa shape index (κ3) is 2.09. The molecule has 0 aliphatic carbocycles. The van der Waals surface area contributed by atoms with Gasteiger partial charge in [-0.25, -0.2) is 13.8 Å². The van der Waals surface area contributed by atoms with E-state index in [4.69, 9.17) is 11.6 Å². The Balaban J connectivity index is 3.40. The fourth-order valence-corrected chi connectivity index (χ4v) is 1.95. The second-order valence-electron chi connectivity index (χ2n) is 2.45. The van der Waals surface area contributed by atoms with E-state index in [1.807, 2.05) is 0 Å². The van der Waals surface area contributed by atoms with Gasteiger partial charge in [0.25, 0.3) is 6.43 Å². The van der Waals surface area contributed by atoms with Gasteiger partial charge >= 0.3 is 0 Å². The second-order valence-corrected chi connectivity index (χ2v) is 3.37. The maximum atomic E-state index is 12.4. The molecule has 6 heteroatoms. The zero-order valence-corrected chi connectivity index (χ0v) is 9.15. The molecule has 0 fully saturated rings. The molecule has 0 unspecified atom stereocenters. The van der Waals surface area contributed by atoms with Crippen molar-refractivity contribution in [2.24, 2.45) is 0 Å². The van der Waals surface area contributed by atoms with Crippen molar-refractivity contribution >= 4 is 33.8 Å². The molecule has 0 spiro atoms. The average molecular weight is 284 g/mol. The van der Waals surface area contributed by atoms with Crippen molar-refractivity contribution in [1.82, 2.24) is 4.98 Å². The number of nitrogens with zero attached hydrogens (tertiary/aromatic N) is 1. The van der Waals surface area contributed by atoms with Crippen LogP contribution in [0.25, 0.3) is 0 Å². The molecule has 1 heterocycles. The minimum Gasteiger partial charge on any atom is -0.298 e. The highest BCUT2D eigenvalue weighted by Gasteiger charge is 2.18. The Morgan fingerprint density at radius 1 is 1.64 bits per heavy atom. The number of carbonyl (C=O) groups excluding carboxylic acids is 1. The predicted octanol–water partition coefficient (Wildman–Crippen LogP) is 3.38. The topological polar surface area (TPSA) is 30.0 Å². The standard InChI is InChI=1S/C8H5BrClF2NO/c9-1-4-6(3-14)5(8(11)12)2-13-7(4)10/h2-3,8H,1H2. The van der Waals surface area contributed by atoms with Gasteiger partial charge in [0.15, 0.2) is 6.29 Å². The summed E-state index contributed by atoms with van der Waals surface area (Å²) < 4.78 is 24.8. The number of hydrogen-bond donors (Lipinski definition) is 0. The smallest absolute Gasteiger partial charge is 0.266 e. The Bertz CT molecular complexity index is 359. The van der Waals surface area contributed by atoms with Crippen molar-refractivity contribution in [3.8, 4) is 0 Å². The van der Waals surface area contributed by atoms with Crippen LogP contribution in [0.15, 0.2) is 6.20 Å². The van der Waals surface area contributed by atoms with Crippen molar-refractivity contribution in [3.63, 3.8) is 0 Å². The van der Waals surface area contributed by atoms with E-state index in [0.29, 0.717) is 11.8 Å². The summed E-state index contributed by atoms with van der Waals surface area (Å²) in [5.41, 5.74) is -0.185. The van der Waals surface area contributed by atoms with Crippen LogP contribution in [0, 0.1) is 0 Å². The number of alkyl halides is 3. The van der Waals surface area contributed by atoms with E-state index < -0.39 is 6.43 Å². The molecule has 14 heavy (non-hydrogen) atoms. The van der Waals surface area contributed by atoms with Crippen LogP contribution in [0.1, 0.15) is 27.9 Å². The molecule has 0 atom stereocenters. The van der Waals surface area contributed by atoms with Gasteiger partial charge in [-0.05, 0) is 0 Å². The maximum absolute atomic E-state index is 12.4. The number of hydrogen-bond acceptors (Lipinski definition) is 2. The first-order chi connectivity index (χ1) is 6.61. The molecule has 1 aromatic heterocycles. The third-order valence-corrected chi connectivity index (χ3v) is 2.58. The zero-order valence-electron chi connectivity index (χ0n) is 6.81. The lowest BCUT2D eigenvalue weighted by Gasteiger charge is -2.08. The average Bonchev–Trinajstić information content (AvgIpc) is 2.16. The van der Waals surface area contributed by atoms with Gasteiger partial charge in [-0.15, -0.1) is 0 Å². The number of rotatable bonds is 3. The number of carbonyl (C=O) groups is 1. The molecule has 0 amide bonds. The monoisotopic (exact) mass is 283 g/mol. The molecule has 76 valence electrons. The van der Waals surface area contributed by atoms with E-state index in [0.717, 1.165) is 6.20 Å². The molecule has 0 saturated carbocycles. The zero-order chi connectivity index (χ0) is 10.7. The molecule has 0 radical (unpaired) electrons. The first-order valence-electron chi connectivity index (χ1n) is 3.58. The predicted molar refractivity (Wildman–Crippen MR) is 52.2 cm³/mol. The minimum atomic E-state index is -2.72. The first-order valence-corrected chi connectivity index (χ1v) is 5.08. The molecular formula is C8H5BrClF2NO. The summed E-state index contributed by atoms with van der Waals surface area (Å²) in [4.78, 5) is 14.2. The van der Waals surface area contributed by atoms with Gasteiger partial charge in [-0.2, -0.15) is 0 Å². The van der Waals surface area contributed by atoms with Crippen LogP contribution in [0.3, 0.4) is 0 Å². The van der Waals surface area contributed by atoms with Crippen molar-refractivity contribution in [1.29, 1.82) is 0 Å². The van der Waals surface area contributed by atoms with Crippen LogP contribution < -0.4 is 0 Å². The second kappa shape index (κ2) is 4.79. The van der Waals surface area contributed by atoms with Gasteiger partial charge in [-0.3, -0.25) is 4.79 Å². The maximum Gasteiger partial charge on any atom is 0.266 e. The van der Waals surface area contributed by atoms with Crippen LogP contribution in [-0.4, -0.2) is 11.3 Å². The SMILES string of the molecule is O=Cc1c(C(F)F)cnc(Cl)c1CBr. The van der Waals surface area contributed by atoms with Crippen LogP contribution in [0.2, 0.25) is 5.15 Å². The van der Waals surface area contributed by atoms with E-state index in [-0.39, 0.29) is 21.6 Å². The van der Waals surface area contributed by atoms with Gasteiger partial charge < -0.3 is 0 Å². The van der Waals surface area contributed by atoms with Gasteiger partial charge in [0.2, 0.25) is 0 Å². The van der Waals surface area contributed by atoms with E-state index in [9.17, 15) is 13.6 Å². The fourth-order valence-electron chi connectivity index (χ4n) is 0.999. The van der Waals surface area contributed by atoms with Gasteiger partial charge in [0.05, 0.1) is 0 Å². The highest BCUT2D eigenvalue weighted by atomic mass is 79.9. The summed E-state index contributed by atoms with van der Waals surface area (Å²) in [7, 11) is 0. The largest absolute Gasteiger partial charge is 0.298 e. The van der Waals surface area contributed by atoms with Crippen molar-refractivity contribution in [2.45, 2.75) is 11.8 Å². The van der Waals surface area contributed by atoms with Crippen molar-refractivity contribution in [3.05, 3.63) is 28.0 Å². The normalized spacial score (nSPS) is 10.6. The Morgan fingerprint density at radius 3 is 2.71 bits per heavy atom. The van der Waals surface area contributed by atoms with Crippen LogP contribution in [0.5, 0.6) is 0 Å². The molecule has 0 saturated heterocycles. The Kier molecular flexibility index (Phi) is 3.95. The number of pyridine rings is 1. The third-order valence-electron chi connectivity index (χ3n) is 1.69. The Labute approximate surface area is 92.4 Å². The molecule has 1 aromatic rings. The Hall–Kier alpha value is -0.550. The van der Waals surface area contributed by atoms with Crippen LogP contribution in [0.4, 0.5) is 8.78 Å². The summed E-state index contributed by atoms with van der Waals surface area (Å²) in [6.45, 7) is 0. The van der Waals surface area contributed by atoms with Gasteiger partial charge in [0.1, 0.15) is 5.15 Å². The molecule has 1 rings (SSSR count). The molecular weight excluding hydrogens is 279 g/mol. The minimum absolute atomic E-state index is 0.0633. The van der Waals surface area contributed by atoms with Gasteiger partial charge in [0, 0.05) is 28.2 Å². The lowest BCUT2D eigenvalue weighted by Crippen LogP contribution is -2.01. The summed E-state index contributed by atoms with van der Waals surface area (Å²) >= 11 is 8.70. The summed E-state index contributed by atoms with van der Waals surface area (Å²) in [5.74, 6) is 0. The Morgan fingerprint density at radius 2 is 2.29 bits per heavy atom. The van der Waals surface area contributed by atoms with Gasteiger partial charge in [-0.1, -0.05) is 27.5 Å². The summed E-state index contributed by atoms with van der Waals surface area (Å²) in [6, 6.07) is 0.